The van der Waals surface area contributed by atoms with Gasteiger partial charge in [-0.2, -0.15) is 0 Å². The fourth-order valence-corrected chi connectivity index (χ4v) is 3.42. The Bertz CT molecular complexity index is 1070. The van der Waals surface area contributed by atoms with E-state index in [1.165, 1.54) is 24.3 Å². The summed E-state index contributed by atoms with van der Waals surface area (Å²) in [6.07, 6.45) is 3.36. The molecule has 0 saturated carbocycles. The van der Waals surface area contributed by atoms with Gasteiger partial charge in [0.1, 0.15) is 23.3 Å². The monoisotopic (exact) mass is 407 g/mol. The van der Waals surface area contributed by atoms with E-state index in [0.29, 0.717) is 13.1 Å². The van der Waals surface area contributed by atoms with Crippen LogP contribution in [0.2, 0.25) is 0 Å². The minimum atomic E-state index is -0.252. The van der Waals surface area contributed by atoms with Crippen molar-refractivity contribution in [3.63, 3.8) is 0 Å². The normalized spacial score (nSPS) is 11.3. The van der Waals surface area contributed by atoms with Crippen molar-refractivity contribution in [3.8, 4) is 0 Å². The van der Waals surface area contributed by atoms with E-state index in [-0.39, 0.29) is 11.6 Å². The second-order valence-corrected chi connectivity index (χ2v) is 7.21. The van der Waals surface area contributed by atoms with Crippen LogP contribution in [0.3, 0.4) is 0 Å². The number of fused-ring (bicyclic) bond motifs is 2. The molecule has 7 heteroatoms. The molecule has 154 valence electrons. The lowest BCUT2D eigenvalue weighted by Crippen LogP contribution is -2.30. The van der Waals surface area contributed by atoms with Crippen LogP contribution >= 0.6 is 0 Å². The molecule has 0 amide bonds. The van der Waals surface area contributed by atoms with Crippen LogP contribution in [0.15, 0.2) is 60.9 Å². The number of rotatable bonds is 8. The third-order valence-electron chi connectivity index (χ3n) is 5.02. The molecule has 0 aliphatic carbocycles. The Labute approximate surface area is 173 Å². The van der Waals surface area contributed by atoms with Crippen LogP contribution in [-0.2, 0) is 0 Å². The maximum atomic E-state index is 13.4. The van der Waals surface area contributed by atoms with Gasteiger partial charge in [0.25, 0.3) is 0 Å². The summed E-state index contributed by atoms with van der Waals surface area (Å²) in [5.41, 5.74) is 0. The number of hydrogen-bond donors (Lipinski definition) is 2. The zero-order chi connectivity index (χ0) is 20.9. The number of pyridine rings is 2. The van der Waals surface area contributed by atoms with Crippen LogP contribution < -0.4 is 10.6 Å². The first-order valence-corrected chi connectivity index (χ1v) is 9.85. The number of halogens is 2. The highest BCUT2D eigenvalue weighted by atomic mass is 19.1. The van der Waals surface area contributed by atoms with Crippen molar-refractivity contribution in [2.75, 3.05) is 43.9 Å². The summed E-state index contributed by atoms with van der Waals surface area (Å²) in [6, 6.07) is 13.0. The largest absolute Gasteiger partial charge is 0.368 e. The van der Waals surface area contributed by atoms with Crippen molar-refractivity contribution in [1.82, 2.24) is 14.9 Å². The topological polar surface area (TPSA) is 53.1 Å². The van der Waals surface area contributed by atoms with Gasteiger partial charge >= 0.3 is 0 Å². The van der Waals surface area contributed by atoms with E-state index < -0.39 is 0 Å². The lowest BCUT2D eigenvalue weighted by molar-refractivity contribution is 0.360. The smallest absolute Gasteiger partial charge is 0.133 e. The highest BCUT2D eigenvalue weighted by molar-refractivity contribution is 5.92. The van der Waals surface area contributed by atoms with Gasteiger partial charge in [-0.05, 0) is 66.4 Å². The van der Waals surface area contributed by atoms with Crippen LogP contribution in [0, 0.1) is 11.6 Å². The molecule has 2 aromatic heterocycles. The Hall–Kier alpha value is -3.32. The molecule has 5 nitrogen and oxygen atoms in total. The van der Waals surface area contributed by atoms with E-state index in [9.17, 15) is 8.78 Å². The van der Waals surface area contributed by atoms with Gasteiger partial charge in [-0.3, -0.25) is 0 Å². The minimum absolute atomic E-state index is 0.252. The van der Waals surface area contributed by atoms with Gasteiger partial charge in [0.15, 0.2) is 0 Å². The Balaban J connectivity index is 1.28. The predicted molar refractivity (Wildman–Crippen MR) is 118 cm³/mol. The molecule has 0 spiro atoms. The van der Waals surface area contributed by atoms with Gasteiger partial charge in [0.2, 0.25) is 0 Å². The molecule has 0 fully saturated rings. The Morgan fingerprint density at radius 2 is 1.20 bits per heavy atom. The SMILES string of the molecule is CN(CCNc1nccc2cc(F)ccc12)CCNc1nccc2cc(F)ccc12. The maximum Gasteiger partial charge on any atom is 0.133 e. The van der Waals surface area contributed by atoms with Crippen LogP contribution in [-0.4, -0.2) is 48.1 Å². The van der Waals surface area contributed by atoms with Crippen molar-refractivity contribution in [3.05, 3.63) is 72.6 Å². The number of aromatic nitrogens is 2. The summed E-state index contributed by atoms with van der Waals surface area (Å²) in [5.74, 6) is 1.01. The zero-order valence-electron chi connectivity index (χ0n) is 16.7. The van der Waals surface area contributed by atoms with Crippen LogP contribution in [0.1, 0.15) is 0 Å². The maximum absolute atomic E-state index is 13.4. The lowest BCUT2D eigenvalue weighted by Gasteiger charge is -2.18. The van der Waals surface area contributed by atoms with Gasteiger partial charge in [-0.15, -0.1) is 0 Å². The van der Waals surface area contributed by atoms with E-state index >= 15 is 0 Å². The molecule has 2 heterocycles. The number of nitrogens with one attached hydrogen (secondary N) is 2. The van der Waals surface area contributed by atoms with Crippen LogP contribution in [0.5, 0.6) is 0 Å². The van der Waals surface area contributed by atoms with Crippen LogP contribution in [0.25, 0.3) is 21.5 Å². The molecular weight excluding hydrogens is 384 g/mol. The number of benzene rings is 2. The van der Waals surface area contributed by atoms with Crippen molar-refractivity contribution in [2.45, 2.75) is 0 Å². The number of anilines is 2. The van der Waals surface area contributed by atoms with Gasteiger partial charge in [0, 0.05) is 49.3 Å². The summed E-state index contributed by atoms with van der Waals surface area (Å²) < 4.78 is 26.8. The van der Waals surface area contributed by atoms with Crippen molar-refractivity contribution in [2.24, 2.45) is 0 Å². The van der Waals surface area contributed by atoms with E-state index in [2.05, 4.69) is 25.5 Å². The molecular formula is C23H23F2N5. The highest BCUT2D eigenvalue weighted by Gasteiger charge is 2.06. The molecule has 2 aromatic carbocycles. The fraction of sp³-hybridized carbons (Fsp3) is 0.217. The quantitative estimate of drug-likeness (QED) is 0.450. The standard InChI is InChI=1S/C23H23F2N5/c1-30(12-10-28-22-20-4-2-18(24)14-16(20)6-8-26-22)13-11-29-23-21-5-3-19(25)15-17(21)7-9-27-23/h2-9,14-15H,10-13H2,1H3,(H,26,28)(H,27,29). The van der Waals surface area contributed by atoms with E-state index in [1.807, 2.05) is 7.05 Å². The van der Waals surface area contributed by atoms with E-state index in [0.717, 1.165) is 46.3 Å². The molecule has 30 heavy (non-hydrogen) atoms. The lowest BCUT2D eigenvalue weighted by atomic mass is 10.1. The minimum Gasteiger partial charge on any atom is -0.368 e. The average Bonchev–Trinajstić information content (AvgIpc) is 2.73. The third kappa shape index (κ3) is 4.63. The van der Waals surface area contributed by atoms with Gasteiger partial charge in [0.05, 0.1) is 0 Å². The van der Waals surface area contributed by atoms with E-state index in [4.69, 9.17) is 0 Å². The fourth-order valence-electron chi connectivity index (χ4n) is 3.42. The second-order valence-electron chi connectivity index (χ2n) is 7.21. The molecule has 0 aliphatic rings. The summed E-state index contributed by atoms with van der Waals surface area (Å²) in [5, 5.41) is 10.1. The third-order valence-corrected chi connectivity index (χ3v) is 5.02. The Morgan fingerprint density at radius 3 is 1.67 bits per heavy atom. The zero-order valence-corrected chi connectivity index (χ0v) is 16.7. The molecule has 0 unspecified atom stereocenters. The Morgan fingerprint density at radius 1 is 0.733 bits per heavy atom. The molecule has 0 atom stereocenters. The number of hydrogen-bond acceptors (Lipinski definition) is 5. The molecule has 0 saturated heterocycles. The highest BCUT2D eigenvalue weighted by Crippen LogP contribution is 2.22. The molecule has 0 aliphatic heterocycles. The van der Waals surface area contributed by atoms with Gasteiger partial charge < -0.3 is 15.5 Å². The summed E-state index contributed by atoms with van der Waals surface area (Å²) in [7, 11) is 2.04. The number of likely N-dealkylation sites (N-methyl/N-ethyl adjacent to an activating group) is 1. The van der Waals surface area contributed by atoms with Crippen molar-refractivity contribution >= 4 is 33.2 Å². The first kappa shape index (κ1) is 20.0. The van der Waals surface area contributed by atoms with Crippen LogP contribution in [0.4, 0.5) is 20.4 Å². The summed E-state index contributed by atoms with van der Waals surface area (Å²) in [6.45, 7) is 3.06. The second kappa shape index (κ2) is 9.00. The first-order chi connectivity index (χ1) is 14.6. The average molecular weight is 407 g/mol. The van der Waals surface area contributed by atoms with E-state index in [1.54, 1.807) is 36.7 Å². The molecule has 4 aromatic rings. The Kier molecular flexibility index (Phi) is 5.99. The predicted octanol–water partition coefficient (Wildman–Crippen LogP) is 4.52. The summed E-state index contributed by atoms with van der Waals surface area (Å²) in [4.78, 5) is 10.9. The van der Waals surface area contributed by atoms with Gasteiger partial charge in [-0.1, -0.05) is 0 Å². The van der Waals surface area contributed by atoms with Crippen molar-refractivity contribution < 1.29 is 8.78 Å². The molecule has 4 rings (SSSR count). The van der Waals surface area contributed by atoms with Gasteiger partial charge in [-0.25, -0.2) is 18.7 Å². The first-order valence-electron chi connectivity index (χ1n) is 9.85. The van der Waals surface area contributed by atoms with Crippen molar-refractivity contribution in [1.29, 1.82) is 0 Å². The molecule has 0 bridgehead atoms. The molecule has 2 N–H and O–H groups in total. The number of nitrogens with zero attached hydrogens (tertiary/aromatic N) is 3. The summed E-state index contributed by atoms with van der Waals surface area (Å²) >= 11 is 0. The molecule has 0 radical (unpaired) electrons.